The summed E-state index contributed by atoms with van der Waals surface area (Å²) in [7, 11) is 0. The van der Waals surface area contributed by atoms with Crippen molar-refractivity contribution in [2.75, 3.05) is 13.1 Å². The number of piperidine rings is 1. The molecule has 4 heterocycles. The highest BCUT2D eigenvalue weighted by Crippen LogP contribution is 2.32. The number of hydrogen-bond donors (Lipinski definition) is 0. The molecule has 3 aromatic rings. The first-order chi connectivity index (χ1) is 13.0. The van der Waals surface area contributed by atoms with Crippen molar-refractivity contribution in [3.05, 3.63) is 35.3 Å². The van der Waals surface area contributed by atoms with Crippen molar-refractivity contribution in [1.29, 1.82) is 0 Å². The van der Waals surface area contributed by atoms with Crippen LogP contribution in [0.2, 0.25) is 0 Å². The minimum absolute atomic E-state index is 0.188. The predicted molar refractivity (Wildman–Crippen MR) is 97.7 cm³/mol. The van der Waals surface area contributed by atoms with E-state index in [-0.39, 0.29) is 18.0 Å². The minimum atomic E-state index is -3.20. The molecule has 0 bridgehead atoms. The third-order valence-corrected chi connectivity index (χ3v) is 5.61. The van der Waals surface area contributed by atoms with Crippen molar-refractivity contribution in [3.63, 3.8) is 0 Å². The maximum absolute atomic E-state index is 14.7. The molecule has 1 aliphatic rings. The smallest absolute Gasteiger partial charge is 0.291 e. The van der Waals surface area contributed by atoms with E-state index in [1.54, 1.807) is 4.90 Å². The van der Waals surface area contributed by atoms with Gasteiger partial charge >= 0.3 is 0 Å². The number of carbonyl (C=O) groups is 1. The molecule has 0 N–H and O–H groups in total. The predicted octanol–water partition coefficient (Wildman–Crippen LogP) is 3.74. The largest absolute Gasteiger partial charge is 0.343 e. The molecule has 0 aliphatic carbocycles. The van der Waals surface area contributed by atoms with Crippen LogP contribution in [0.25, 0.3) is 16.3 Å². The number of likely N-dealkylation sites (tertiary alicyclic amines) is 1. The van der Waals surface area contributed by atoms with Gasteiger partial charge < -0.3 is 4.90 Å². The molecule has 4 rings (SSSR count). The van der Waals surface area contributed by atoms with Gasteiger partial charge in [-0.15, -0.1) is 21.5 Å². The van der Waals surface area contributed by atoms with Crippen molar-refractivity contribution in [2.24, 2.45) is 0 Å². The lowest BCUT2D eigenvalue weighted by Crippen LogP contribution is -2.36. The highest BCUT2D eigenvalue weighted by molar-refractivity contribution is 7.13. The Bertz CT molecular complexity index is 935. The van der Waals surface area contributed by atoms with Crippen LogP contribution in [0.3, 0.4) is 0 Å². The molecule has 1 aliphatic heterocycles. The molecule has 1 saturated heterocycles. The van der Waals surface area contributed by atoms with Crippen LogP contribution in [0, 0.1) is 0 Å². The van der Waals surface area contributed by atoms with Gasteiger partial charge in [0.15, 0.2) is 11.5 Å². The molecule has 1 fully saturated rings. The van der Waals surface area contributed by atoms with E-state index in [0.717, 1.165) is 24.1 Å². The van der Waals surface area contributed by atoms with E-state index < -0.39 is 12.3 Å². The highest BCUT2D eigenvalue weighted by atomic mass is 32.1. The number of fused-ring (bicyclic) bond motifs is 1. The molecule has 0 radical (unpaired) electrons. The molecule has 3 aromatic heterocycles. The second-order valence-electron chi connectivity index (χ2n) is 6.64. The van der Waals surface area contributed by atoms with E-state index in [0.29, 0.717) is 24.6 Å². The average Bonchev–Trinajstić information content (AvgIpc) is 3.35. The summed E-state index contributed by atoms with van der Waals surface area (Å²) in [5, 5.41) is 14.0. The van der Waals surface area contributed by atoms with Gasteiger partial charge in [0, 0.05) is 25.9 Å². The molecule has 0 saturated carbocycles. The quantitative estimate of drug-likeness (QED) is 0.665. The van der Waals surface area contributed by atoms with Gasteiger partial charge in [-0.25, -0.2) is 0 Å². The zero-order valence-electron chi connectivity index (χ0n) is 14.6. The maximum Gasteiger partial charge on any atom is 0.291 e. The number of hydrogen-bond acceptors (Lipinski definition) is 5. The van der Waals surface area contributed by atoms with Crippen LogP contribution in [-0.4, -0.2) is 43.7 Å². The van der Waals surface area contributed by atoms with Crippen LogP contribution in [0.4, 0.5) is 8.78 Å². The van der Waals surface area contributed by atoms with Crippen molar-refractivity contribution < 1.29 is 13.6 Å². The number of nitrogens with zero attached hydrogens (tertiary/aromatic N) is 5. The number of rotatable bonds is 5. The topological polar surface area (TPSA) is 63.4 Å². The van der Waals surface area contributed by atoms with E-state index in [2.05, 4.69) is 15.3 Å². The second-order valence-corrected chi connectivity index (χ2v) is 7.58. The molecule has 27 heavy (non-hydrogen) atoms. The zero-order chi connectivity index (χ0) is 18.9. The van der Waals surface area contributed by atoms with Crippen LogP contribution >= 0.6 is 11.3 Å². The van der Waals surface area contributed by atoms with Gasteiger partial charge in [-0.3, -0.25) is 4.79 Å². The van der Waals surface area contributed by atoms with E-state index in [9.17, 15) is 13.6 Å². The number of amides is 1. The fourth-order valence-electron chi connectivity index (χ4n) is 3.24. The molecule has 9 heteroatoms. The lowest BCUT2D eigenvalue weighted by atomic mass is 10.1. The van der Waals surface area contributed by atoms with Gasteiger partial charge in [0.1, 0.15) is 5.69 Å². The Kier molecular flexibility index (Phi) is 4.86. The lowest BCUT2D eigenvalue weighted by molar-refractivity contribution is -0.134. The summed E-state index contributed by atoms with van der Waals surface area (Å²) in [4.78, 5) is 14.7. The first-order valence-corrected chi connectivity index (χ1v) is 9.85. The highest BCUT2D eigenvalue weighted by Gasteiger charge is 2.35. The van der Waals surface area contributed by atoms with Crippen molar-refractivity contribution in [1.82, 2.24) is 24.7 Å². The zero-order valence-corrected chi connectivity index (χ0v) is 15.5. The third kappa shape index (κ3) is 3.69. The van der Waals surface area contributed by atoms with Gasteiger partial charge in [0.05, 0.1) is 4.88 Å². The maximum atomic E-state index is 14.7. The lowest BCUT2D eigenvalue weighted by Gasteiger charge is -2.27. The minimum Gasteiger partial charge on any atom is -0.343 e. The number of halogens is 2. The molecule has 0 atom stereocenters. The summed E-state index contributed by atoms with van der Waals surface area (Å²) in [5.41, 5.74) is 0.0291. The molecule has 0 spiro atoms. The van der Waals surface area contributed by atoms with Crippen LogP contribution in [0.15, 0.2) is 29.6 Å². The van der Waals surface area contributed by atoms with E-state index in [4.69, 9.17) is 0 Å². The number of alkyl halides is 2. The second kappa shape index (κ2) is 7.30. The van der Waals surface area contributed by atoms with Crippen LogP contribution in [-0.2, 0) is 10.7 Å². The Morgan fingerprint density at radius 2 is 1.96 bits per heavy atom. The first-order valence-electron chi connectivity index (χ1n) is 8.97. The van der Waals surface area contributed by atoms with Crippen molar-refractivity contribution >= 4 is 22.9 Å². The van der Waals surface area contributed by atoms with Gasteiger partial charge in [0.25, 0.3) is 5.92 Å². The normalized spacial score (nSPS) is 15.4. The molecular weight excluding hydrogens is 372 g/mol. The van der Waals surface area contributed by atoms with Crippen molar-refractivity contribution in [3.8, 4) is 10.7 Å². The molecule has 1 amide bonds. The summed E-state index contributed by atoms with van der Waals surface area (Å²) in [5.74, 6) is -2.97. The standard InChI is InChI=1S/C18H19F2N5OS/c19-18(20,9-8-16(26)24-10-2-1-3-11-24)14-6-7-15-21-22-17(25(15)23-14)13-5-4-12-27-13/h4-7,12H,1-3,8-11H2. The molecule has 0 unspecified atom stereocenters. The van der Waals surface area contributed by atoms with Crippen molar-refractivity contribution in [2.45, 2.75) is 38.0 Å². The van der Waals surface area contributed by atoms with Gasteiger partial charge in [-0.05, 0) is 42.8 Å². The fourth-order valence-corrected chi connectivity index (χ4v) is 3.93. The Labute approximate surface area is 158 Å². The molecule has 6 nitrogen and oxygen atoms in total. The molecule has 0 aromatic carbocycles. The molecular formula is C18H19F2N5OS. The van der Waals surface area contributed by atoms with Gasteiger partial charge in [-0.2, -0.15) is 18.4 Å². The number of carbonyl (C=O) groups excluding carboxylic acids is 1. The summed E-state index contributed by atoms with van der Waals surface area (Å²) < 4.78 is 30.7. The Hall–Kier alpha value is -2.42. The Morgan fingerprint density at radius 3 is 2.70 bits per heavy atom. The van der Waals surface area contributed by atoms with Crippen LogP contribution in [0.5, 0.6) is 0 Å². The Morgan fingerprint density at radius 1 is 1.15 bits per heavy atom. The first kappa shape index (κ1) is 18.0. The third-order valence-electron chi connectivity index (χ3n) is 4.74. The summed E-state index contributed by atoms with van der Waals surface area (Å²) in [6.07, 6.45) is 2.23. The summed E-state index contributed by atoms with van der Waals surface area (Å²) in [6.45, 7) is 1.33. The van der Waals surface area contributed by atoms with Gasteiger partial charge in [0.2, 0.25) is 5.91 Å². The monoisotopic (exact) mass is 391 g/mol. The van der Waals surface area contributed by atoms with Crippen LogP contribution < -0.4 is 0 Å². The van der Waals surface area contributed by atoms with Crippen LogP contribution in [0.1, 0.15) is 37.8 Å². The average molecular weight is 391 g/mol. The fraction of sp³-hybridized carbons (Fsp3) is 0.444. The number of thiophene rings is 1. The number of aromatic nitrogens is 4. The summed E-state index contributed by atoms with van der Waals surface area (Å²) >= 11 is 1.44. The SMILES string of the molecule is O=C(CCC(F)(F)c1ccc2nnc(-c3cccs3)n2n1)N1CCCCC1. The molecule has 142 valence electrons. The summed E-state index contributed by atoms with van der Waals surface area (Å²) in [6, 6.07) is 6.43. The van der Waals surface area contributed by atoms with Gasteiger partial charge in [-0.1, -0.05) is 6.07 Å². The Balaban J connectivity index is 1.53. The van der Waals surface area contributed by atoms with E-state index in [1.165, 1.54) is 28.0 Å². The van der Waals surface area contributed by atoms with E-state index in [1.807, 2.05) is 17.5 Å². The van der Waals surface area contributed by atoms with E-state index >= 15 is 0 Å².